The smallest absolute Gasteiger partial charge is 0.290 e. The van der Waals surface area contributed by atoms with Gasteiger partial charge >= 0.3 is 0 Å². The molecule has 1 atom stereocenters. The molecule has 2 saturated heterocycles. The van der Waals surface area contributed by atoms with Gasteiger partial charge in [0.1, 0.15) is 6.04 Å². The van der Waals surface area contributed by atoms with Crippen LogP contribution in [0.2, 0.25) is 0 Å². The molecule has 0 radical (unpaired) electrons. The topological polar surface area (TPSA) is 57.0 Å². The molecule has 1 aromatic carbocycles. The average Bonchev–Trinajstić information content (AvgIpc) is 3.40. The lowest BCUT2D eigenvalue weighted by atomic mass is 10.1. The number of nitrogens with zero attached hydrogens (tertiary/aromatic N) is 3. The van der Waals surface area contributed by atoms with E-state index < -0.39 is 0 Å². The zero-order valence-corrected chi connectivity index (χ0v) is 16.3. The molecular weight excluding hydrogens is 354 g/mol. The lowest BCUT2D eigenvalue weighted by Gasteiger charge is -2.37. The van der Waals surface area contributed by atoms with Crippen LogP contribution in [0.15, 0.2) is 47.1 Å². The van der Waals surface area contributed by atoms with Gasteiger partial charge in [0.05, 0.1) is 6.26 Å². The van der Waals surface area contributed by atoms with E-state index in [0.29, 0.717) is 25.4 Å². The van der Waals surface area contributed by atoms with Crippen molar-refractivity contribution in [3.63, 3.8) is 0 Å². The number of likely N-dealkylation sites (tertiary alicyclic amines) is 1. The predicted molar refractivity (Wildman–Crippen MR) is 106 cm³/mol. The highest BCUT2D eigenvalue weighted by molar-refractivity contribution is 5.96. The largest absolute Gasteiger partial charge is 0.459 e. The minimum absolute atomic E-state index is 0.0765. The van der Waals surface area contributed by atoms with Crippen molar-refractivity contribution in [2.24, 2.45) is 0 Å². The Labute approximate surface area is 165 Å². The fourth-order valence-electron chi connectivity index (χ4n) is 4.21. The van der Waals surface area contributed by atoms with E-state index in [1.165, 1.54) is 17.4 Å². The van der Waals surface area contributed by atoms with E-state index in [9.17, 15) is 9.59 Å². The molecule has 0 saturated carbocycles. The molecule has 4 rings (SSSR count). The third-order valence-corrected chi connectivity index (χ3v) is 5.70. The summed E-state index contributed by atoms with van der Waals surface area (Å²) in [6.45, 7) is 6.78. The van der Waals surface area contributed by atoms with Crippen molar-refractivity contribution >= 4 is 11.8 Å². The van der Waals surface area contributed by atoms with E-state index in [1.807, 2.05) is 4.90 Å². The van der Waals surface area contributed by atoms with E-state index in [1.54, 1.807) is 17.0 Å². The number of hydrogen-bond donors (Lipinski definition) is 0. The molecule has 2 fully saturated rings. The minimum atomic E-state index is -0.360. The van der Waals surface area contributed by atoms with Crippen LogP contribution in [0.4, 0.5) is 0 Å². The first-order valence-electron chi connectivity index (χ1n) is 10.0. The second-order valence-corrected chi connectivity index (χ2v) is 7.72. The second kappa shape index (κ2) is 8.19. The Morgan fingerprint density at radius 2 is 1.89 bits per heavy atom. The van der Waals surface area contributed by atoms with Gasteiger partial charge < -0.3 is 14.2 Å². The van der Waals surface area contributed by atoms with Gasteiger partial charge in [0, 0.05) is 39.3 Å². The van der Waals surface area contributed by atoms with Crippen molar-refractivity contribution in [2.75, 3.05) is 32.7 Å². The standard InChI is InChI=1S/C22H27N3O3/c1-17-5-2-6-18(15-17)16-23-10-12-24(13-11-23)21(26)19-7-3-9-25(19)22(27)20-8-4-14-28-20/h2,4-6,8,14-15,19H,3,7,9-13,16H2,1H3. The molecular formula is C22H27N3O3. The quantitative estimate of drug-likeness (QED) is 0.817. The maximum Gasteiger partial charge on any atom is 0.290 e. The SMILES string of the molecule is Cc1cccc(CN2CCN(C(=O)C3CCCN3C(=O)c3ccco3)CC2)c1. The summed E-state index contributed by atoms with van der Waals surface area (Å²) in [6, 6.07) is 11.6. The van der Waals surface area contributed by atoms with Crippen molar-refractivity contribution in [1.82, 2.24) is 14.7 Å². The van der Waals surface area contributed by atoms with Gasteiger partial charge in [0.15, 0.2) is 5.76 Å². The fraction of sp³-hybridized carbons (Fsp3) is 0.455. The minimum Gasteiger partial charge on any atom is -0.459 e. The monoisotopic (exact) mass is 381 g/mol. The number of carbonyl (C=O) groups excluding carboxylic acids is 2. The Balaban J connectivity index is 1.34. The first kappa shape index (κ1) is 18.7. The molecule has 0 spiro atoms. The lowest BCUT2D eigenvalue weighted by Crippen LogP contribution is -2.54. The van der Waals surface area contributed by atoms with Crippen molar-refractivity contribution in [3.05, 3.63) is 59.5 Å². The molecule has 148 valence electrons. The number of hydrogen-bond acceptors (Lipinski definition) is 4. The van der Waals surface area contributed by atoms with Crippen LogP contribution >= 0.6 is 0 Å². The van der Waals surface area contributed by atoms with Crippen LogP contribution < -0.4 is 0 Å². The lowest BCUT2D eigenvalue weighted by molar-refractivity contribution is -0.137. The molecule has 28 heavy (non-hydrogen) atoms. The fourth-order valence-corrected chi connectivity index (χ4v) is 4.21. The summed E-state index contributed by atoms with van der Waals surface area (Å²) in [5, 5.41) is 0. The van der Waals surface area contributed by atoms with Gasteiger partial charge in [0.2, 0.25) is 5.91 Å². The third-order valence-electron chi connectivity index (χ3n) is 5.70. The third kappa shape index (κ3) is 3.97. The normalized spacial score (nSPS) is 20.5. The first-order chi connectivity index (χ1) is 13.6. The van der Waals surface area contributed by atoms with Crippen LogP contribution in [0, 0.1) is 6.92 Å². The van der Waals surface area contributed by atoms with Crippen LogP contribution in [0.25, 0.3) is 0 Å². The summed E-state index contributed by atoms with van der Waals surface area (Å²) in [5.41, 5.74) is 2.58. The number of carbonyl (C=O) groups is 2. The summed E-state index contributed by atoms with van der Waals surface area (Å²) in [6.07, 6.45) is 3.08. The first-order valence-corrected chi connectivity index (χ1v) is 10.0. The maximum atomic E-state index is 13.1. The van der Waals surface area contributed by atoms with Gasteiger partial charge in [-0.25, -0.2) is 0 Å². The molecule has 2 aliphatic rings. The number of piperazine rings is 1. The molecule has 0 N–H and O–H groups in total. The van der Waals surface area contributed by atoms with Gasteiger partial charge in [0.25, 0.3) is 5.91 Å². The highest BCUT2D eigenvalue weighted by atomic mass is 16.3. The predicted octanol–water partition coefficient (Wildman–Crippen LogP) is 2.54. The highest BCUT2D eigenvalue weighted by Gasteiger charge is 2.38. The summed E-state index contributed by atoms with van der Waals surface area (Å²) in [5.74, 6) is 0.203. The van der Waals surface area contributed by atoms with E-state index in [2.05, 4.69) is 36.1 Å². The molecule has 3 heterocycles. The number of aryl methyl sites for hydroxylation is 1. The van der Waals surface area contributed by atoms with E-state index in [4.69, 9.17) is 4.42 Å². The van der Waals surface area contributed by atoms with Crippen LogP contribution in [0.5, 0.6) is 0 Å². The van der Waals surface area contributed by atoms with Gasteiger partial charge in [-0.3, -0.25) is 14.5 Å². The van der Waals surface area contributed by atoms with Crippen LogP contribution in [-0.4, -0.2) is 65.3 Å². The van der Waals surface area contributed by atoms with Crippen molar-refractivity contribution < 1.29 is 14.0 Å². The van der Waals surface area contributed by atoms with Crippen LogP contribution in [-0.2, 0) is 11.3 Å². The summed E-state index contributed by atoms with van der Waals surface area (Å²) in [7, 11) is 0. The molecule has 2 amide bonds. The van der Waals surface area contributed by atoms with Crippen molar-refractivity contribution in [3.8, 4) is 0 Å². The molecule has 2 aliphatic heterocycles. The average molecular weight is 381 g/mol. The van der Waals surface area contributed by atoms with Crippen molar-refractivity contribution in [2.45, 2.75) is 32.4 Å². The number of furan rings is 1. The zero-order chi connectivity index (χ0) is 19.5. The molecule has 1 aromatic heterocycles. The number of amides is 2. The Kier molecular flexibility index (Phi) is 5.48. The molecule has 0 aliphatic carbocycles. The highest BCUT2D eigenvalue weighted by Crippen LogP contribution is 2.23. The summed E-state index contributed by atoms with van der Waals surface area (Å²) in [4.78, 5) is 31.7. The Bertz CT molecular complexity index is 825. The molecule has 1 unspecified atom stereocenters. The Morgan fingerprint density at radius 1 is 1.07 bits per heavy atom. The van der Waals surface area contributed by atoms with Gasteiger partial charge in [-0.05, 0) is 37.5 Å². The number of benzene rings is 1. The zero-order valence-electron chi connectivity index (χ0n) is 16.3. The molecule has 6 heteroatoms. The van der Waals surface area contributed by atoms with Crippen LogP contribution in [0.1, 0.15) is 34.5 Å². The van der Waals surface area contributed by atoms with Gasteiger partial charge in [-0.2, -0.15) is 0 Å². The molecule has 6 nitrogen and oxygen atoms in total. The van der Waals surface area contributed by atoms with E-state index in [-0.39, 0.29) is 17.9 Å². The second-order valence-electron chi connectivity index (χ2n) is 7.72. The maximum absolute atomic E-state index is 13.1. The van der Waals surface area contributed by atoms with Crippen LogP contribution in [0.3, 0.4) is 0 Å². The summed E-state index contributed by atoms with van der Waals surface area (Å²) < 4.78 is 5.24. The summed E-state index contributed by atoms with van der Waals surface area (Å²) >= 11 is 0. The molecule has 0 bridgehead atoms. The Morgan fingerprint density at radius 3 is 2.61 bits per heavy atom. The van der Waals surface area contributed by atoms with Gasteiger partial charge in [-0.15, -0.1) is 0 Å². The van der Waals surface area contributed by atoms with E-state index >= 15 is 0 Å². The molecule has 2 aromatic rings. The number of rotatable bonds is 4. The van der Waals surface area contributed by atoms with E-state index in [0.717, 1.165) is 32.5 Å². The van der Waals surface area contributed by atoms with Gasteiger partial charge in [-0.1, -0.05) is 29.8 Å². The Hall–Kier alpha value is -2.60. The van der Waals surface area contributed by atoms with Crippen molar-refractivity contribution in [1.29, 1.82) is 0 Å².